The molecule has 0 aliphatic carbocycles. The minimum Gasteiger partial charge on any atom is -0.382 e. The molecule has 0 aliphatic rings. The number of anilines is 1. The highest BCUT2D eigenvalue weighted by Crippen LogP contribution is 2.18. The summed E-state index contributed by atoms with van der Waals surface area (Å²) in [5.41, 5.74) is 0.985. The topological polar surface area (TPSA) is 71.0 Å². The Hall–Kier alpha value is -1.38. The summed E-state index contributed by atoms with van der Waals surface area (Å²) in [5, 5.41) is 9.59. The van der Waals surface area contributed by atoms with Crippen LogP contribution >= 0.6 is 11.3 Å². The molecular weight excluding hydrogens is 314 g/mol. The molecule has 132 valence electrons. The molecule has 7 nitrogen and oxygen atoms in total. The zero-order valence-electron chi connectivity index (χ0n) is 14.6. The van der Waals surface area contributed by atoms with Gasteiger partial charge in [-0.1, -0.05) is 0 Å². The van der Waals surface area contributed by atoms with Gasteiger partial charge in [-0.05, 0) is 13.3 Å². The van der Waals surface area contributed by atoms with Crippen molar-refractivity contribution in [1.29, 1.82) is 0 Å². The van der Waals surface area contributed by atoms with Crippen molar-refractivity contribution in [2.75, 3.05) is 59.0 Å². The van der Waals surface area contributed by atoms with Crippen molar-refractivity contribution in [2.24, 2.45) is 4.99 Å². The molecule has 0 saturated heterocycles. The second-order valence-corrected chi connectivity index (χ2v) is 5.93. The maximum Gasteiger partial charge on any atom is 0.191 e. The van der Waals surface area contributed by atoms with Crippen molar-refractivity contribution >= 4 is 22.4 Å². The van der Waals surface area contributed by atoms with Gasteiger partial charge in [-0.3, -0.25) is 0 Å². The van der Waals surface area contributed by atoms with Crippen LogP contribution in [0.5, 0.6) is 0 Å². The number of methoxy groups -OCH3 is 1. The molecule has 0 aromatic carbocycles. The van der Waals surface area contributed by atoms with E-state index in [0.717, 1.165) is 36.3 Å². The SMILES string of the molecule is CCNC(=NCc1csc(N(C)C)n1)NCCCOCCOC. The number of hydrogen-bond donors (Lipinski definition) is 2. The first-order valence-electron chi connectivity index (χ1n) is 7.88. The maximum absolute atomic E-state index is 5.43. The fourth-order valence-electron chi connectivity index (χ4n) is 1.70. The number of rotatable bonds is 11. The van der Waals surface area contributed by atoms with E-state index in [4.69, 9.17) is 9.47 Å². The average Bonchev–Trinajstić information content (AvgIpc) is 3.01. The minimum absolute atomic E-state index is 0.573. The summed E-state index contributed by atoms with van der Waals surface area (Å²) in [4.78, 5) is 11.1. The van der Waals surface area contributed by atoms with Crippen LogP contribution in [-0.2, 0) is 16.0 Å². The highest BCUT2D eigenvalue weighted by molar-refractivity contribution is 7.13. The van der Waals surface area contributed by atoms with Crippen LogP contribution in [0.3, 0.4) is 0 Å². The lowest BCUT2D eigenvalue weighted by molar-refractivity contribution is 0.0698. The molecule has 2 N–H and O–H groups in total. The van der Waals surface area contributed by atoms with Crippen molar-refractivity contribution < 1.29 is 9.47 Å². The Labute approximate surface area is 143 Å². The maximum atomic E-state index is 5.43. The molecule has 0 amide bonds. The Kier molecular flexibility index (Phi) is 10.3. The van der Waals surface area contributed by atoms with Crippen molar-refractivity contribution in [3.05, 3.63) is 11.1 Å². The fraction of sp³-hybridized carbons (Fsp3) is 0.733. The molecule has 0 bridgehead atoms. The van der Waals surface area contributed by atoms with Crippen molar-refractivity contribution in [3.63, 3.8) is 0 Å². The first-order valence-corrected chi connectivity index (χ1v) is 8.76. The van der Waals surface area contributed by atoms with Crippen LogP contribution in [0.25, 0.3) is 0 Å². The van der Waals surface area contributed by atoms with E-state index in [2.05, 4.69) is 27.5 Å². The Balaban J connectivity index is 2.31. The molecule has 0 radical (unpaired) electrons. The molecule has 0 saturated carbocycles. The Morgan fingerprint density at radius 3 is 2.78 bits per heavy atom. The Bertz CT molecular complexity index is 451. The van der Waals surface area contributed by atoms with E-state index in [0.29, 0.717) is 26.4 Å². The number of aromatic nitrogens is 1. The van der Waals surface area contributed by atoms with Gasteiger partial charge >= 0.3 is 0 Å². The number of aliphatic imine (C=N–C) groups is 1. The van der Waals surface area contributed by atoms with Gasteiger partial charge in [-0.15, -0.1) is 11.3 Å². The number of thiazole rings is 1. The lowest BCUT2D eigenvalue weighted by Gasteiger charge is -2.11. The van der Waals surface area contributed by atoms with Gasteiger partial charge in [-0.25, -0.2) is 9.98 Å². The predicted octanol–water partition coefficient (Wildman–Crippen LogP) is 1.32. The Morgan fingerprint density at radius 2 is 2.13 bits per heavy atom. The largest absolute Gasteiger partial charge is 0.382 e. The summed E-state index contributed by atoms with van der Waals surface area (Å²) in [5.74, 6) is 0.809. The van der Waals surface area contributed by atoms with E-state index in [-0.39, 0.29) is 0 Å². The standard InChI is InChI=1S/C15H29N5O2S/c1-5-16-14(17-7-6-8-22-10-9-21-4)18-11-13-12-23-15(19-13)20(2)3/h12H,5-11H2,1-4H3,(H2,16,17,18). The molecule has 0 atom stereocenters. The monoisotopic (exact) mass is 343 g/mol. The zero-order valence-corrected chi connectivity index (χ0v) is 15.4. The normalized spacial score (nSPS) is 11.6. The van der Waals surface area contributed by atoms with Crippen molar-refractivity contribution in [2.45, 2.75) is 19.9 Å². The molecule has 1 heterocycles. The van der Waals surface area contributed by atoms with E-state index in [1.807, 2.05) is 24.4 Å². The summed E-state index contributed by atoms with van der Waals surface area (Å²) < 4.78 is 10.4. The van der Waals surface area contributed by atoms with E-state index in [9.17, 15) is 0 Å². The van der Waals surface area contributed by atoms with Gasteiger partial charge in [0.05, 0.1) is 25.5 Å². The highest BCUT2D eigenvalue weighted by Gasteiger charge is 2.03. The van der Waals surface area contributed by atoms with Crippen LogP contribution in [0, 0.1) is 0 Å². The molecule has 1 aromatic rings. The quantitative estimate of drug-likeness (QED) is 0.359. The van der Waals surface area contributed by atoms with E-state index < -0.39 is 0 Å². The predicted molar refractivity (Wildman–Crippen MR) is 96.6 cm³/mol. The molecule has 0 fully saturated rings. The zero-order chi connectivity index (χ0) is 16.9. The van der Waals surface area contributed by atoms with Gasteiger partial charge < -0.3 is 25.0 Å². The molecule has 1 aromatic heterocycles. The van der Waals surface area contributed by atoms with Crippen molar-refractivity contribution in [1.82, 2.24) is 15.6 Å². The lowest BCUT2D eigenvalue weighted by atomic mass is 10.4. The average molecular weight is 343 g/mol. The summed E-state index contributed by atoms with van der Waals surface area (Å²) in [6.45, 7) is 6.27. The summed E-state index contributed by atoms with van der Waals surface area (Å²) >= 11 is 1.63. The molecule has 0 unspecified atom stereocenters. The number of nitrogens with one attached hydrogen (secondary N) is 2. The van der Waals surface area contributed by atoms with Gasteiger partial charge in [0.25, 0.3) is 0 Å². The lowest BCUT2D eigenvalue weighted by Crippen LogP contribution is -2.38. The summed E-state index contributed by atoms with van der Waals surface area (Å²) in [7, 11) is 5.66. The highest BCUT2D eigenvalue weighted by atomic mass is 32.1. The Morgan fingerprint density at radius 1 is 1.30 bits per heavy atom. The second-order valence-electron chi connectivity index (χ2n) is 5.10. The van der Waals surface area contributed by atoms with Gasteiger partial charge in [0.15, 0.2) is 11.1 Å². The third-order valence-corrected chi connectivity index (χ3v) is 3.91. The molecular formula is C15H29N5O2S. The summed E-state index contributed by atoms with van der Waals surface area (Å²) in [6.07, 6.45) is 0.926. The number of hydrogen-bond acceptors (Lipinski definition) is 6. The van der Waals surface area contributed by atoms with Crippen LogP contribution in [-0.4, -0.2) is 65.1 Å². The van der Waals surface area contributed by atoms with E-state index >= 15 is 0 Å². The van der Waals surface area contributed by atoms with Crippen LogP contribution in [0.15, 0.2) is 10.4 Å². The van der Waals surface area contributed by atoms with Crippen LogP contribution in [0.1, 0.15) is 19.0 Å². The number of nitrogens with zero attached hydrogens (tertiary/aromatic N) is 3. The number of guanidine groups is 1. The molecule has 1 rings (SSSR count). The fourth-order valence-corrected chi connectivity index (χ4v) is 2.45. The van der Waals surface area contributed by atoms with Crippen LogP contribution in [0.4, 0.5) is 5.13 Å². The molecule has 8 heteroatoms. The smallest absolute Gasteiger partial charge is 0.191 e. The van der Waals surface area contributed by atoms with Gasteiger partial charge in [-0.2, -0.15) is 0 Å². The second kappa shape index (κ2) is 12.1. The molecule has 23 heavy (non-hydrogen) atoms. The first kappa shape index (κ1) is 19.7. The minimum atomic E-state index is 0.573. The van der Waals surface area contributed by atoms with E-state index in [1.54, 1.807) is 18.4 Å². The third kappa shape index (κ3) is 8.73. The van der Waals surface area contributed by atoms with Gasteiger partial charge in [0.1, 0.15) is 0 Å². The van der Waals surface area contributed by atoms with Crippen molar-refractivity contribution in [3.8, 4) is 0 Å². The third-order valence-electron chi connectivity index (χ3n) is 2.86. The molecule has 0 aliphatic heterocycles. The van der Waals surface area contributed by atoms with Gasteiger partial charge in [0, 0.05) is 46.3 Å². The van der Waals surface area contributed by atoms with E-state index in [1.165, 1.54) is 0 Å². The molecule has 0 spiro atoms. The van der Waals surface area contributed by atoms with Crippen LogP contribution < -0.4 is 15.5 Å². The number of ether oxygens (including phenoxy) is 2. The van der Waals surface area contributed by atoms with Crippen LogP contribution in [0.2, 0.25) is 0 Å². The summed E-state index contributed by atoms with van der Waals surface area (Å²) in [6, 6.07) is 0. The van der Waals surface area contributed by atoms with Gasteiger partial charge in [0.2, 0.25) is 0 Å². The first-order chi connectivity index (χ1) is 11.2.